The zero-order chi connectivity index (χ0) is 14.0. The van der Waals surface area contributed by atoms with Crippen molar-refractivity contribution in [2.45, 2.75) is 45.7 Å². The maximum absolute atomic E-state index is 13.1. The molecule has 3 unspecified atom stereocenters. The fraction of sp³-hybridized carbons (Fsp3) is 0.600. The molecule has 1 aliphatic rings. The van der Waals surface area contributed by atoms with E-state index in [1.807, 2.05) is 0 Å². The molecule has 1 aliphatic carbocycles. The lowest BCUT2D eigenvalue weighted by Crippen LogP contribution is -2.38. The Morgan fingerprint density at radius 1 is 1.11 bits per heavy atom. The van der Waals surface area contributed by atoms with Gasteiger partial charge in [-0.1, -0.05) is 13.8 Å². The summed E-state index contributed by atoms with van der Waals surface area (Å²) in [6.45, 7) is 4.81. The third-order valence-electron chi connectivity index (χ3n) is 4.04. The van der Waals surface area contributed by atoms with E-state index in [0.29, 0.717) is 24.1 Å². The SMILES string of the molecule is CC1CCC(NCc2cc(F)c(F)c(F)c2)C(C)C1. The first-order chi connectivity index (χ1) is 8.97. The van der Waals surface area contributed by atoms with Crippen molar-refractivity contribution in [3.8, 4) is 0 Å². The van der Waals surface area contributed by atoms with Crippen molar-refractivity contribution >= 4 is 0 Å². The average molecular weight is 271 g/mol. The smallest absolute Gasteiger partial charge is 0.194 e. The molecule has 1 aromatic carbocycles. The summed E-state index contributed by atoms with van der Waals surface area (Å²) in [4.78, 5) is 0. The number of hydrogen-bond donors (Lipinski definition) is 1. The topological polar surface area (TPSA) is 12.0 Å². The van der Waals surface area contributed by atoms with Gasteiger partial charge in [0.2, 0.25) is 0 Å². The Balaban J connectivity index is 1.95. The number of benzene rings is 1. The molecule has 2 rings (SSSR count). The van der Waals surface area contributed by atoms with Crippen LogP contribution in [0.3, 0.4) is 0 Å². The van der Waals surface area contributed by atoms with Gasteiger partial charge in [-0.3, -0.25) is 0 Å². The third kappa shape index (κ3) is 3.50. The molecule has 1 fully saturated rings. The summed E-state index contributed by atoms with van der Waals surface area (Å²) in [5.41, 5.74) is 0.447. The molecule has 106 valence electrons. The van der Waals surface area contributed by atoms with E-state index in [4.69, 9.17) is 0 Å². The fourth-order valence-corrected chi connectivity index (χ4v) is 2.93. The van der Waals surface area contributed by atoms with Crippen molar-refractivity contribution in [2.75, 3.05) is 0 Å². The maximum Gasteiger partial charge on any atom is 0.194 e. The van der Waals surface area contributed by atoms with Crippen LogP contribution in [0.2, 0.25) is 0 Å². The van der Waals surface area contributed by atoms with E-state index in [9.17, 15) is 13.2 Å². The lowest BCUT2D eigenvalue weighted by molar-refractivity contribution is 0.227. The minimum atomic E-state index is -1.40. The molecule has 1 aromatic rings. The second-order valence-corrected chi connectivity index (χ2v) is 5.76. The van der Waals surface area contributed by atoms with Gasteiger partial charge < -0.3 is 5.32 Å². The molecule has 4 heteroatoms. The van der Waals surface area contributed by atoms with Crippen molar-refractivity contribution in [3.63, 3.8) is 0 Å². The van der Waals surface area contributed by atoms with Gasteiger partial charge in [-0.15, -0.1) is 0 Å². The standard InChI is InChI=1S/C15H20F3N/c1-9-3-4-14(10(2)5-9)19-8-11-6-12(16)15(18)13(17)7-11/h6-7,9-10,14,19H,3-5,8H2,1-2H3. The summed E-state index contributed by atoms with van der Waals surface area (Å²) >= 11 is 0. The Kier molecular flexibility index (Phi) is 4.50. The van der Waals surface area contributed by atoms with Gasteiger partial charge in [-0.2, -0.15) is 0 Å². The molecule has 0 aromatic heterocycles. The van der Waals surface area contributed by atoms with Crippen LogP contribution < -0.4 is 5.32 Å². The molecule has 3 atom stereocenters. The normalized spacial score (nSPS) is 27.5. The van der Waals surface area contributed by atoms with Gasteiger partial charge >= 0.3 is 0 Å². The van der Waals surface area contributed by atoms with Crippen LogP contribution in [-0.4, -0.2) is 6.04 Å². The number of rotatable bonds is 3. The summed E-state index contributed by atoms with van der Waals surface area (Å²) in [5, 5.41) is 3.33. The minimum absolute atomic E-state index is 0.368. The number of hydrogen-bond acceptors (Lipinski definition) is 1. The van der Waals surface area contributed by atoms with E-state index < -0.39 is 17.5 Å². The van der Waals surface area contributed by atoms with Crippen LogP contribution in [0.1, 0.15) is 38.7 Å². The van der Waals surface area contributed by atoms with E-state index in [0.717, 1.165) is 24.5 Å². The third-order valence-corrected chi connectivity index (χ3v) is 4.04. The summed E-state index contributed by atoms with van der Waals surface area (Å²) in [6, 6.07) is 2.48. The molecule has 0 saturated heterocycles. The van der Waals surface area contributed by atoms with E-state index in [1.165, 1.54) is 12.8 Å². The highest BCUT2D eigenvalue weighted by Gasteiger charge is 2.24. The highest BCUT2D eigenvalue weighted by molar-refractivity contribution is 5.19. The molecule has 1 nitrogen and oxygen atoms in total. The van der Waals surface area contributed by atoms with Gasteiger partial charge in [0.25, 0.3) is 0 Å². The Labute approximate surface area is 112 Å². The lowest BCUT2D eigenvalue weighted by atomic mass is 9.80. The highest BCUT2D eigenvalue weighted by atomic mass is 19.2. The molecule has 0 amide bonds. The van der Waals surface area contributed by atoms with Crippen LogP contribution in [0.5, 0.6) is 0 Å². The molecule has 1 N–H and O–H groups in total. The summed E-state index contributed by atoms with van der Waals surface area (Å²) in [5.74, 6) is -2.35. The average Bonchev–Trinajstić information content (AvgIpc) is 2.34. The van der Waals surface area contributed by atoms with Crippen molar-refractivity contribution in [1.29, 1.82) is 0 Å². The molecule has 0 heterocycles. The molecule has 1 saturated carbocycles. The Morgan fingerprint density at radius 3 is 2.32 bits per heavy atom. The zero-order valence-corrected chi connectivity index (χ0v) is 11.3. The van der Waals surface area contributed by atoms with Crippen molar-refractivity contribution in [1.82, 2.24) is 5.32 Å². The summed E-state index contributed by atoms with van der Waals surface area (Å²) in [7, 11) is 0. The van der Waals surface area contributed by atoms with Crippen LogP contribution in [0, 0.1) is 29.3 Å². The molecular formula is C15H20F3N. The zero-order valence-electron chi connectivity index (χ0n) is 11.3. The first kappa shape index (κ1) is 14.4. The van der Waals surface area contributed by atoms with E-state index in [-0.39, 0.29) is 0 Å². The number of nitrogens with one attached hydrogen (secondary N) is 1. The lowest BCUT2D eigenvalue weighted by Gasteiger charge is -2.33. The molecule has 0 aliphatic heterocycles. The Morgan fingerprint density at radius 2 is 1.74 bits per heavy atom. The van der Waals surface area contributed by atoms with Crippen LogP contribution >= 0.6 is 0 Å². The van der Waals surface area contributed by atoms with Crippen molar-refractivity contribution in [2.24, 2.45) is 11.8 Å². The van der Waals surface area contributed by atoms with Gasteiger partial charge in [-0.25, -0.2) is 13.2 Å². The molecule has 0 bridgehead atoms. The first-order valence-electron chi connectivity index (χ1n) is 6.84. The number of halogens is 3. The first-order valence-corrected chi connectivity index (χ1v) is 6.84. The van der Waals surface area contributed by atoms with Crippen LogP contribution in [0.25, 0.3) is 0 Å². The van der Waals surface area contributed by atoms with Crippen LogP contribution in [0.4, 0.5) is 13.2 Å². The van der Waals surface area contributed by atoms with Gasteiger partial charge in [0, 0.05) is 12.6 Å². The second kappa shape index (κ2) is 5.95. The second-order valence-electron chi connectivity index (χ2n) is 5.76. The van der Waals surface area contributed by atoms with E-state index in [1.54, 1.807) is 0 Å². The van der Waals surface area contributed by atoms with Crippen molar-refractivity contribution < 1.29 is 13.2 Å². The van der Waals surface area contributed by atoms with Gasteiger partial charge in [0.1, 0.15) is 0 Å². The quantitative estimate of drug-likeness (QED) is 0.819. The maximum atomic E-state index is 13.1. The molecular weight excluding hydrogens is 251 g/mol. The Bertz CT molecular complexity index is 424. The van der Waals surface area contributed by atoms with Crippen molar-refractivity contribution in [3.05, 3.63) is 35.1 Å². The van der Waals surface area contributed by atoms with Gasteiger partial charge in [-0.05, 0) is 48.8 Å². The molecule has 19 heavy (non-hydrogen) atoms. The van der Waals surface area contributed by atoms with Crippen LogP contribution in [-0.2, 0) is 6.54 Å². The summed E-state index contributed by atoms with van der Waals surface area (Å²) in [6.07, 6.45) is 3.42. The highest BCUT2D eigenvalue weighted by Crippen LogP contribution is 2.28. The fourth-order valence-electron chi connectivity index (χ4n) is 2.93. The van der Waals surface area contributed by atoms with Gasteiger partial charge in [0.05, 0.1) is 0 Å². The molecule has 0 radical (unpaired) electrons. The predicted molar refractivity (Wildman–Crippen MR) is 69.1 cm³/mol. The van der Waals surface area contributed by atoms with Gasteiger partial charge in [0.15, 0.2) is 17.5 Å². The molecule has 0 spiro atoms. The van der Waals surface area contributed by atoms with E-state index in [2.05, 4.69) is 19.2 Å². The monoisotopic (exact) mass is 271 g/mol. The van der Waals surface area contributed by atoms with Crippen LogP contribution in [0.15, 0.2) is 12.1 Å². The predicted octanol–water partition coefficient (Wildman–Crippen LogP) is 4.02. The minimum Gasteiger partial charge on any atom is -0.310 e. The Hall–Kier alpha value is -1.03. The van der Waals surface area contributed by atoms with E-state index >= 15 is 0 Å². The summed E-state index contributed by atoms with van der Waals surface area (Å²) < 4.78 is 39.0. The largest absolute Gasteiger partial charge is 0.310 e.